The minimum absolute atomic E-state index is 0.0122. The number of hydrogen-bond acceptors (Lipinski definition) is 3. The van der Waals surface area contributed by atoms with Gasteiger partial charge in [0, 0.05) is 42.4 Å². The second kappa shape index (κ2) is 5.22. The van der Waals surface area contributed by atoms with Crippen LogP contribution in [0.15, 0.2) is 24.4 Å². The molecule has 0 bridgehead atoms. The summed E-state index contributed by atoms with van der Waals surface area (Å²) in [5, 5.41) is 8.48. The van der Waals surface area contributed by atoms with Crippen LogP contribution in [0.5, 0.6) is 0 Å². The Morgan fingerprint density at radius 2 is 2.30 bits per heavy atom. The number of nitrogens with one attached hydrogen (secondary N) is 2. The van der Waals surface area contributed by atoms with Crippen molar-refractivity contribution >= 4 is 22.5 Å². The predicted molar refractivity (Wildman–Crippen MR) is 88.2 cm³/mol. The average molecular weight is 309 g/mol. The van der Waals surface area contributed by atoms with E-state index in [0.29, 0.717) is 0 Å². The van der Waals surface area contributed by atoms with Crippen LogP contribution in [0.2, 0.25) is 0 Å². The number of carbonyl (C=O) groups is 1. The summed E-state index contributed by atoms with van der Waals surface area (Å²) in [6, 6.07) is 5.83. The van der Waals surface area contributed by atoms with Gasteiger partial charge < -0.3 is 10.3 Å². The van der Waals surface area contributed by atoms with Crippen molar-refractivity contribution in [2.75, 3.05) is 5.32 Å². The summed E-state index contributed by atoms with van der Waals surface area (Å²) < 4.78 is 1.78. The fourth-order valence-corrected chi connectivity index (χ4v) is 3.31. The number of aromatic nitrogens is 4. The van der Waals surface area contributed by atoms with E-state index in [-0.39, 0.29) is 11.8 Å². The first kappa shape index (κ1) is 14.0. The zero-order chi connectivity index (χ0) is 16.0. The van der Waals surface area contributed by atoms with Gasteiger partial charge >= 0.3 is 0 Å². The van der Waals surface area contributed by atoms with Gasteiger partial charge in [-0.05, 0) is 38.0 Å². The van der Waals surface area contributed by atoms with Gasteiger partial charge in [0.2, 0.25) is 5.91 Å². The van der Waals surface area contributed by atoms with E-state index in [1.807, 2.05) is 38.4 Å². The Kier molecular flexibility index (Phi) is 3.18. The van der Waals surface area contributed by atoms with Crippen LogP contribution in [0.3, 0.4) is 0 Å². The molecule has 0 radical (unpaired) electrons. The van der Waals surface area contributed by atoms with Crippen LogP contribution in [0, 0.1) is 12.8 Å². The summed E-state index contributed by atoms with van der Waals surface area (Å²) in [6.07, 6.45) is 4.39. The highest BCUT2D eigenvalue weighted by Gasteiger charge is 2.26. The molecule has 1 aliphatic rings. The number of aromatic amines is 1. The summed E-state index contributed by atoms with van der Waals surface area (Å²) in [6.45, 7) is 1.95. The number of benzene rings is 1. The molecule has 6 heteroatoms. The summed E-state index contributed by atoms with van der Waals surface area (Å²) >= 11 is 0. The van der Waals surface area contributed by atoms with Crippen molar-refractivity contribution in [2.24, 2.45) is 13.0 Å². The van der Waals surface area contributed by atoms with Crippen molar-refractivity contribution in [3.63, 3.8) is 0 Å². The van der Waals surface area contributed by atoms with Crippen LogP contribution in [-0.4, -0.2) is 25.7 Å². The van der Waals surface area contributed by atoms with Gasteiger partial charge in [-0.25, -0.2) is 4.98 Å². The molecule has 3 aromatic rings. The SMILES string of the molecule is Cc1nc2c([nH]1)CC(C(=O)Nc1ccc3cn(C)nc3c1)CC2. The topological polar surface area (TPSA) is 75.6 Å². The molecule has 0 fully saturated rings. The molecule has 0 spiro atoms. The molecular weight excluding hydrogens is 290 g/mol. The lowest BCUT2D eigenvalue weighted by Gasteiger charge is -2.20. The highest BCUT2D eigenvalue weighted by molar-refractivity contribution is 5.95. The first-order chi connectivity index (χ1) is 11.1. The maximum Gasteiger partial charge on any atom is 0.227 e. The van der Waals surface area contributed by atoms with Crippen molar-refractivity contribution < 1.29 is 4.79 Å². The Bertz CT molecular complexity index is 892. The standard InChI is InChI=1S/C17H19N5O/c1-10-18-14-6-4-11(7-16(14)19-10)17(23)20-13-5-3-12-9-22(2)21-15(12)8-13/h3,5,8-9,11H,4,6-7H2,1-2H3,(H,18,19)(H,20,23). The first-order valence-electron chi connectivity index (χ1n) is 7.87. The molecule has 118 valence electrons. The minimum atomic E-state index is -0.0122. The Hall–Kier alpha value is -2.63. The third kappa shape index (κ3) is 2.60. The number of carbonyl (C=O) groups excluding carboxylic acids is 1. The number of H-pyrrole nitrogens is 1. The molecule has 2 heterocycles. The fourth-order valence-electron chi connectivity index (χ4n) is 3.31. The lowest BCUT2D eigenvalue weighted by molar-refractivity contribution is -0.120. The Morgan fingerprint density at radius 3 is 3.17 bits per heavy atom. The summed E-state index contributed by atoms with van der Waals surface area (Å²) in [5.41, 5.74) is 3.91. The van der Waals surface area contributed by atoms with E-state index in [9.17, 15) is 4.79 Å². The van der Waals surface area contributed by atoms with Crippen molar-refractivity contribution in [1.82, 2.24) is 19.7 Å². The van der Waals surface area contributed by atoms with E-state index in [4.69, 9.17) is 0 Å². The lowest BCUT2D eigenvalue weighted by atomic mass is 9.89. The van der Waals surface area contributed by atoms with E-state index in [0.717, 1.165) is 53.1 Å². The van der Waals surface area contributed by atoms with E-state index < -0.39 is 0 Å². The molecule has 1 atom stereocenters. The number of fused-ring (bicyclic) bond motifs is 2. The van der Waals surface area contributed by atoms with Crippen LogP contribution >= 0.6 is 0 Å². The van der Waals surface area contributed by atoms with Crippen LogP contribution in [0.25, 0.3) is 10.9 Å². The largest absolute Gasteiger partial charge is 0.346 e. The molecule has 0 aliphatic heterocycles. The van der Waals surface area contributed by atoms with E-state index >= 15 is 0 Å². The molecule has 0 saturated heterocycles. The minimum Gasteiger partial charge on any atom is -0.346 e. The molecule has 4 rings (SSSR count). The van der Waals surface area contributed by atoms with Gasteiger partial charge in [-0.15, -0.1) is 0 Å². The molecule has 2 N–H and O–H groups in total. The molecule has 1 unspecified atom stereocenters. The number of rotatable bonds is 2. The lowest BCUT2D eigenvalue weighted by Crippen LogP contribution is -2.28. The van der Waals surface area contributed by atoms with Gasteiger partial charge in [-0.2, -0.15) is 5.10 Å². The van der Waals surface area contributed by atoms with Gasteiger partial charge in [0.05, 0.1) is 11.2 Å². The van der Waals surface area contributed by atoms with Crippen LogP contribution in [-0.2, 0) is 24.7 Å². The first-order valence-corrected chi connectivity index (χ1v) is 7.87. The van der Waals surface area contributed by atoms with Crippen molar-refractivity contribution in [2.45, 2.75) is 26.2 Å². The number of hydrogen-bond donors (Lipinski definition) is 2. The van der Waals surface area contributed by atoms with Gasteiger partial charge in [0.1, 0.15) is 5.82 Å². The highest BCUT2D eigenvalue weighted by atomic mass is 16.1. The monoisotopic (exact) mass is 309 g/mol. The quantitative estimate of drug-likeness (QED) is 0.763. The van der Waals surface area contributed by atoms with Gasteiger partial charge in [0.25, 0.3) is 0 Å². The van der Waals surface area contributed by atoms with Crippen molar-refractivity contribution in [1.29, 1.82) is 0 Å². The van der Waals surface area contributed by atoms with Crippen molar-refractivity contribution in [3.05, 3.63) is 41.6 Å². The van der Waals surface area contributed by atoms with Crippen LogP contribution in [0.4, 0.5) is 5.69 Å². The molecule has 1 aliphatic carbocycles. The second-order valence-electron chi connectivity index (χ2n) is 6.25. The van der Waals surface area contributed by atoms with Gasteiger partial charge in [0.15, 0.2) is 0 Å². The Labute approximate surface area is 133 Å². The maximum absolute atomic E-state index is 12.6. The molecule has 1 amide bonds. The molecule has 6 nitrogen and oxygen atoms in total. The van der Waals surface area contributed by atoms with E-state index in [2.05, 4.69) is 20.4 Å². The van der Waals surface area contributed by atoms with Crippen LogP contribution in [0.1, 0.15) is 23.6 Å². The number of aryl methyl sites for hydroxylation is 3. The third-order valence-corrected chi connectivity index (χ3v) is 4.42. The highest BCUT2D eigenvalue weighted by Crippen LogP contribution is 2.25. The molecule has 23 heavy (non-hydrogen) atoms. The third-order valence-electron chi connectivity index (χ3n) is 4.42. The average Bonchev–Trinajstić information content (AvgIpc) is 3.06. The number of imidazole rings is 1. The zero-order valence-corrected chi connectivity index (χ0v) is 13.3. The number of nitrogens with zero attached hydrogens (tertiary/aromatic N) is 3. The number of anilines is 1. The maximum atomic E-state index is 12.6. The summed E-state index contributed by atoms with van der Waals surface area (Å²) in [7, 11) is 1.89. The molecule has 0 saturated carbocycles. The van der Waals surface area contributed by atoms with Crippen molar-refractivity contribution in [3.8, 4) is 0 Å². The molecule has 1 aromatic carbocycles. The molecular formula is C17H19N5O. The predicted octanol–water partition coefficient (Wildman–Crippen LogP) is 2.35. The summed E-state index contributed by atoms with van der Waals surface area (Å²) in [4.78, 5) is 20.3. The number of amides is 1. The van der Waals surface area contributed by atoms with Gasteiger partial charge in [-0.1, -0.05) is 0 Å². The van der Waals surface area contributed by atoms with Crippen LogP contribution < -0.4 is 5.32 Å². The van der Waals surface area contributed by atoms with Gasteiger partial charge in [-0.3, -0.25) is 9.48 Å². The Morgan fingerprint density at radius 1 is 1.43 bits per heavy atom. The zero-order valence-electron chi connectivity index (χ0n) is 13.3. The fraction of sp³-hybridized carbons (Fsp3) is 0.353. The second-order valence-corrected chi connectivity index (χ2v) is 6.25. The molecule has 2 aromatic heterocycles. The smallest absolute Gasteiger partial charge is 0.227 e. The normalized spacial score (nSPS) is 17.2. The van der Waals surface area contributed by atoms with E-state index in [1.54, 1.807) is 4.68 Å². The Balaban J connectivity index is 1.50. The van der Waals surface area contributed by atoms with E-state index in [1.165, 1.54) is 0 Å². The summed E-state index contributed by atoms with van der Waals surface area (Å²) in [5.74, 6) is 0.983.